The highest BCUT2D eigenvalue weighted by Crippen LogP contribution is 2.14. The molecule has 5 atom stereocenters. The minimum absolute atomic E-state index is 0.494. The van der Waals surface area contributed by atoms with Gasteiger partial charge in [-0.15, -0.1) is 0 Å². The predicted molar refractivity (Wildman–Crippen MR) is 122 cm³/mol. The largest absolute Gasteiger partial charge is 0.314 e. The Balaban J connectivity index is 2.23. The van der Waals surface area contributed by atoms with Gasteiger partial charge in [0.1, 0.15) is 8.51 Å². The van der Waals surface area contributed by atoms with Crippen molar-refractivity contribution in [2.24, 2.45) is 0 Å². The van der Waals surface area contributed by atoms with Crippen molar-refractivity contribution in [3.63, 3.8) is 0 Å². The van der Waals surface area contributed by atoms with Crippen molar-refractivity contribution in [3.8, 4) is 0 Å². The molecule has 1 aromatic heterocycles. The number of nitrogens with one attached hydrogen (secondary N) is 4. The second kappa shape index (κ2) is 18.4. The van der Waals surface area contributed by atoms with Crippen molar-refractivity contribution in [2.45, 2.75) is 77.7 Å². The number of hydrogen-bond acceptors (Lipinski definition) is 1. The van der Waals surface area contributed by atoms with Gasteiger partial charge in [0.15, 0.2) is 0 Å². The van der Waals surface area contributed by atoms with Crippen molar-refractivity contribution < 1.29 is 0 Å². The molecule has 0 bridgehead atoms. The molecule has 0 aliphatic rings. The first-order chi connectivity index (χ1) is 11.9. The lowest BCUT2D eigenvalue weighted by atomic mass is 10.1. The van der Waals surface area contributed by atoms with E-state index in [2.05, 4.69) is 33.6 Å². The first-order valence-corrected chi connectivity index (χ1v) is 14.6. The number of aromatic nitrogens is 6. The van der Waals surface area contributed by atoms with Crippen LogP contribution in [0.1, 0.15) is 71.1 Å². The van der Waals surface area contributed by atoms with E-state index in [1.54, 1.807) is 0 Å². The van der Waals surface area contributed by atoms with E-state index in [0.29, 0.717) is 42.5 Å². The molecule has 6 nitrogen and oxygen atoms in total. The van der Waals surface area contributed by atoms with E-state index >= 15 is 0 Å². The third-order valence-electron chi connectivity index (χ3n) is 3.57. The molecule has 0 saturated heterocycles. The second-order valence-corrected chi connectivity index (χ2v) is 13.2. The lowest BCUT2D eigenvalue weighted by Gasteiger charge is -2.04. The Morgan fingerprint density at radius 3 is 2.21 bits per heavy atom. The van der Waals surface area contributed by atoms with E-state index in [1.807, 2.05) is 0 Å². The number of hydrogen-bond donors (Lipinski definition) is 4. The van der Waals surface area contributed by atoms with Crippen molar-refractivity contribution >= 4 is 51.1 Å². The van der Waals surface area contributed by atoms with Crippen LogP contribution in [-0.4, -0.2) is 26.6 Å². The van der Waals surface area contributed by atoms with Crippen LogP contribution >= 0.6 is 51.1 Å². The number of rotatable bonds is 11. The molecular weight excluding hydrogens is 414 g/mol. The fraction of sp³-hybridized carbons (Fsp3) is 1.00. The number of H-pyrrole nitrogens is 4. The zero-order chi connectivity index (χ0) is 17.1. The summed E-state index contributed by atoms with van der Waals surface area (Å²) in [7, 11) is 4.05. The van der Waals surface area contributed by atoms with Gasteiger partial charge in [-0.05, 0) is 6.42 Å². The lowest BCUT2D eigenvalue weighted by molar-refractivity contribution is 0.547. The topological polar surface area (TPSA) is 81.0 Å². The van der Waals surface area contributed by atoms with Crippen molar-refractivity contribution in [2.75, 3.05) is 0 Å². The molecule has 0 fully saturated rings. The molecule has 4 N–H and O–H groups in total. The molecule has 0 saturated carbocycles. The van der Waals surface area contributed by atoms with Crippen LogP contribution in [0.5, 0.6) is 0 Å². The van der Waals surface area contributed by atoms with E-state index in [4.69, 9.17) is 0 Å². The summed E-state index contributed by atoms with van der Waals surface area (Å²) in [5, 5.41) is 0. The Kier molecular flexibility index (Phi) is 17.4. The predicted octanol–water partition coefficient (Wildman–Crippen LogP) is 7.35. The molecule has 0 spiro atoms. The van der Waals surface area contributed by atoms with Crippen LogP contribution in [0.2, 0.25) is 0 Å². The zero-order valence-electron chi connectivity index (χ0n) is 14.6. The van der Waals surface area contributed by atoms with E-state index in [9.17, 15) is 0 Å². The number of aromatic amines is 4. The maximum Gasteiger partial charge on any atom is 0.138 e. The van der Waals surface area contributed by atoms with Gasteiger partial charge in [-0.3, -0.25) is 0 Å². The smallest absolute Gasteiger partial charge is 0.138 e. The molecule has 1 rings (SSSR count). The van der Waals surface area contributed by atoms with Crippen molar-refractivity contribution in [1.29, 1.82) is 0 Å². The summed E-state index contributed by atoms with van der Waals surface area (Å²) in [4.78, 5) is 0. The maximum absolute atomic E-state index is 4.41. The third-order valence-corrected chi connectivity index (χ3v) is 9.71. The summed E-state index contributed by atoms with van der Waals surface area (Å²) >= 11 is 0. The highest BCUT2D eigenvalue weighted by Gasteiger charge is 1.93. The Bertz CT molecular complexity index is 480. The standard InChI is InChI=1S/C12H34N6P6/c1-2-3-4-5-6-7-8-9-10-11-12-18-23-16-21-14-19-13-20-15-22-17-24-18/h14,16-17,19,21-24H,2-12H2,1H3,(H,13,15). The summed E-state index contributed by atoms with van der Waals surface area (Å²) in [6, 6.07) is 0. The van der Waals surface area contributed by atoms with E-state index in [-0.39, 0.29) is 0 Å². The Labute approximate surface area is 155 Å². The highest BCUT2D eigenvalue weighted by molar-refractivity contribution is 7.44. The fourth-order valence-corrected chi connectivity index (χ4v) is 9.04. The number of nitrogens with zero attached hydrogens (tertiary/aromatic N) is 2. The van der Waals surface area contributed by atoms with Gasteiger partial charge in [0.25, 0.3) is 0 Å². The summed E-state index contributed by atoms with van der Waals surface area (Å²) in [5.41, 5.74) is 0. The Morgan fingerprint density at radius 1 is 0.792 bits per heavy atom. The monoisotopic (exact) mass is 448 g/mol. The fourth-order valence-electron chi connectivity index (χ4n) is 2.28. The van der Waals surface area contributed by atoms with Gasteiger partial charge in [0, 0.05) is 49.1 Å². The Morgan fingerprint density at radius 2 is 1.46 bits per heavy atom. The lowest BCUT2D eigenvalue weighted by Crippen LogP contribution is -1.89. The van der Waals surface area contributed by atoms with Crippen LogP contribution in [0.15, 0.2) is 0 Å². The number of aryl methyl sites for hydroxylation is 1. The van der Waals surface area contributed by atoms with E-state index in [1.165, 1.54) is 70.8 Å². The molecule has 142 valence electrons. The summed E-state index contributed by atoms with van der Waals surface area (Å²) in [6.07, 6.45) is 14.0. The van der Waals surface area contributed by atoms with E-state index in [0.717, 1.165) is 8.51 Å². The van der Waals surface area contributed by atoms with Crippen molar-refractivity contribution in [1.82, 2.24) is 26.6 Å². The van der Waals surface area contributed by atoms with Crippen LogP contribution < -0.4 is 0 Å². The van der Waals surface area contributed by atoms with Crippen LogP contribution in [0.25, 0.3) is 0 Å². The minimum Gasteiger partial charge on any atom is -0.314 e. The third kappa shape index (κ3) is 14.9. The summed E-state index contributed by atoms with van der Waals surface area (Å²) in [5.74, 6) is 0. The first kappa shape index (κ1) is 22.6. The van der Waals surface area contributed by atoms with Crippen LogP contribution in [0, 0.1) is 0 Å². The quantitative estimate of drug-likeness (QED) is 0.262. The molecule has 0 aliphatic carbocycles. The summed E-state index contributed by atoms with van der Waals surface area (Å²) in [6.45, 7) is 3.48. The molecule has 0 aromatic carbocycles. The Hall–Kier alpha value is 0.600. The normalized spacial score (nSPS) is 12.0. The molecule has 12 heteroatoms. The first-order valence-electron chi connectivity index (χ1n) is 8.87. The summed E-state index contributed by atoms with van der Waals surface area (Å²) < 4.78 is 20.5. The highest BCUT2D eigenvalue weighted by atomic mass is 31.1. The van der Waals surface area contributed by atoms with Gasteiger partial charge in [0.05, 0.1) is 0 Å². The van der Waals surface area contributed by atoms with Gasteiger partial charge < -0.3 is 22.1 Å². The molecule has 5 unspecified atom stereocenters. The van der Waals surface area contributed by atoms with Gasteiger partial charge in [-0.1, -0.05) is 64.7 Å². The average Bonchev–Trinajstić information content (AvgIpc) is 2.58. The molecular formula is C12H34N6P6. The van der Waals surface area contributed by atoms with Crippen LogP contribution in [0.4, 0.5) is 0 Å². The van der Waals surface area contributed by atoms with Crippen LogP contribution in [-0.2, 0) is 6.54 Å². The molecule has 0 aliphatic heterocycles. The van der Waals surface area contributed by atoms with Crippen molar-refractivity contribution in [3.05, 3.63) is 0 Å². The number of unbranched alkanes of at least 4 members (excludes halogenated alkanes) is 9. The maximum atomic E-state index is 4.41. The minimum atomic E-state index is 0.494. The van der Waals surface area contributed by atoms with Gasteiger partial charge in [-0.25, -0.2) is 0 Å². The van der Waals surface area contributed by atoms with Gasteiger partial charge in [-0.2, -0.15) is 4.51 Å². The average molecular weight is 448 g/mol. The molecule has 0 radical (unpaired) electrons. The molecule has 24 heavy (non-hydrogen) atoms. The molecule has 1 aromatic rings. The SMILES string of the molecule is CCCCCCCCCCCCn1[pH][nH][pH]np[nH][pH][nH][pH][nH][pH]1. The molecule has 1 heterocycles. The van der Waals surface area contributed by atoms with Crippen LogP contribution in [0.3, 0.4) is 0 Å². The van der Waals surface area contributed by atoms with Gasteiger partial charge in [0.2, 0.25) is 0 Å². The zero-order valence-corrected chi connectivity index (χ0v) is 20.5. The molecule has 0 amide bonds. The second-order valence-electron chi connectivity index (χ2n) is 5.61. The van der Waals surface area contributed by atoms with Gasteiger partial charge >= 0.3 is 0 Å². The van der Waals surface area contributed by atoms with E-state index < -0.39 is 0 Å².